The van der Waals surface area contributed by atoms with Crippen molar-refractivity contribution in [3.8, 4) is 11.5 Å². The molecular formula is C29H28N2O6. The largest absolute Gasteiger partial charge is 0.493 e. The minimum Gasteiger partial charge on any atom is -0.493 e. The van der Waals surface area contributed by atoms with Crippen molar-refractivity contribution in [2.45, 2.75) is 26.0 Å². The lowest BCUT2D eigenvalue weighted by Crippen LogP contribution is -2.45. The second-order valence-electron chi connectivity index (χ2n) is 8.30. The highest BCUT2D eigenvalue weighted by atomic mass is 16.6. The number of hydrogen-bond donors (Lipinski definition) is 2. The van der Waals surface area contributed by atoms with Crippen LogP contribution in [-0.2, 0) is 9.53 Å². The van der Waals surface area contributed by atoms with Crippen LogP contribution in [0, 0.1) is 0 Å². The van der Waals surface area contributed by atoms with Crippen LogP contribution >= 0.6 is 0 Å². The van der Waals surface area contributed by atoms with E-state index in [0.717, 1.165) is 0 Å². The van der Waals surface area contributed by atoms with Crippen molar-refractivity contribution in [3.63, 3.8) is 0 Å². The summed E-state index contributed by atoms with van der Waals surface area (Å²) in [7, 11) is 1.48. The Labute approximate surface area is 215 Å². The number of benzene rings is 3. The molecule has 8 nitrogen and oxygen atoms in total. The number of Topliss-reactive ketones (excluding diaryl/α,β-unsaturated/α-hetero) is 1. The Morgan fingerprint density at radius 3 is 2.27 bits per heavy atom. The molecule has 0 saturated heterocycles. The lowest BCUT2D eigenvalue weighted by atomic mass is 9.87. The second-order valence-corrected chi connectivity index (χ2v) is 8.30. The van der Waals surface area contributed by atoms with Crippen LogP contribution in [0.3, 0.4) is 0 Å². The van der Waals surface area contributed by atoms with Crippen molar-refractivity contribution in [2.75, 3.05) is 13.7 Å². The van der Waals surface area contributed by atoms with Crippen LogP contribution in [0.25, 0.3) is 5.70 Å². The predicted octanol–water partition coefficient (Wildman–Crippen LogP) is 4.67. The Morgan fingerprint density at radius 2 is 1.62 bits per heavy atom. The number of amides is 2. The molecule has 2 amide bonds. The Kier molecular flexibility index (Phi) is 7.88. The molecule has 2 atom stereocenters. The third-order valence-corrected chi connectivity index (χ3v) is 5.86. The first kappa shape index (κ1) is 25.5. The summed E-state index contributed by atoms with van der Waals surface area (Å²) in [5.74, 6) is -0.0536. The number of esters is 1. The Morgan fingerprint density at radius 1 is 0.946 bits per heavy atom. The molecule has 2 N–H and O–H groups in total. The van der Waals surface area contributed by atoms with Gasteiger partial charge in [0.05, 0.1) is 31.0 Å². The molecule has 0 bridgehead atoms. The topological polar surface area (TPSA) is 103 Å². The average molecular weight is 501 g/mol. The summed E-state index contributed by atoms with van der Waals surface area (Å²) >= 11 is 0. The van der Waals surface area contributed by atoms with Crippen molar-refractivity contribution < 1.29 is 28.6 Å². The van der Waals surface area contributed by atoms with Gasteiger partial charge in [0.1, 0.15) is 0 Å². The highest BCUT2D eigenvalue weighted by Crippen LogP contribution is 2.37. The standard InChI is InChI=1S/C29H28N2O6/c1-4-36-28(33)18(2)37-22-16-15-21(17-23(22)35-3)26-24(27(32)20-13-9-6-10-14-20)25(30-29(34)31-26)19-11-7-5-8-12-19/h5-18,26H,4H2,1-3H3,(H2,30,31,34)/t18-,26+/m0/s1. The van der Waals surface area contributed by atoms with Gasteiger partial charge in [-0.05, 0) is 37.1 Å². The normalized spacial score (nSPS) is 15.8. The number of rotatable bonds is 9. The van der Waals surface area contributed by atoms with Gasteiger partial charge in [-0.3, -0.25) is 4.79 Å². The van der Waals surface area contributed by atoms with Gasteiger partial charge in [0, 0.05) is 5.56 Å². The van der Waals surface area contributed by atoms with E-state index in [2.05, 4.69) is 10.6 Å². The van der Waals surface area contributed by atoms with Crippen LogP contribution in [-0.4, -0.2) is 37.6 Å². The SMILES string of the molecule is CCOC(=O)[C@H](C)Oc1ccc([C@H]2NC(=O)NC(c3ccccc3)=C2C(=O)c2ccccc2)cc1OC. The summed E-state index contributed by atoms with van der Waals surface area (Å²) in [4.78, 5) is 38.6. The fourth-order valence-electron chi connectivity index (χ4n) is 4.10. The maximum atomic E-state index is 13.8. The van der Waals surface area contributed by atoms with E-state index in [1.165, 1.54) is 7.11 Å². The molecule has 8 heteroatoms. The zero-order valence-corrected chi connectivity index (χ0v) is 20.8. The fraction of sp³-hybridized carbons (Fsp3) is 0.207. The molecular weight excluding hydrogens is 472 g/mol. The highest BCUT2D eigenvalue weighted by molar-refractivity contribution is 6.16. The van der Waals surface area contributed by atoms with Gasteiger partial charge < -0.3 is 24.8 Å². The molecule has 0 aromatic heterocycles. The van der Waals surface area contributed by atoms with Gasteiger partial charge in [-0.25, -0.2) is 9.59 Å². The molecule has 0 saturated carbocycles. The lowest BCUT2D eigenvalue weighted by molar-refractivity contribution is -0.150. The summed E-state index contributed by atoms with van der Waals surface area (Å²) in [6.45, 7) is 3.55. The van der Waals surface area contributed by atoms with Crippen molar-refractivity contribution in [1.82, 2.24) is 10.6 Å². The molecule has 0 spiro atoms. The molecule has 1 aliphatic heterocycles. The molecule has 0 aliphatic carbocycles. The summed E-state index contributed by atoms with van der Waals surface area (Å²) in [6, 6.07) is 22.0. The summed E-state index contributed by atoms with van der Waals surface area (Å²) in [6.07, 6.45) is -0.849. The summed E-state index contributed by atoms with van der Waals surface area (Å²) < 4.78 is 16.3. The molecule has 3 aromatic carbocycles. The minimum atomic E-state index is -0.849. The van der Waals surface area contributed by atoms with E-state index >= 15 is 0 Å². The molecule has 1 aliphatic rings. The van der Waals surface area contributed by atoms with E-state index in [1.807, 2.05) is 36.4 Å². The first-order valence-corrected chi connectivity index (χ1v) is 11.9. The molecule has 37 heavy (non-hydrogen) atoms. The number of urea groups is 1. The second kappa shape index (κ2) is 11.4. The van der Waals surface area contributed by atoms with Crippen molar-refractivity contribution in [1.29, 1.82) is 0 Å². The van der Waals surface area contributed by atoms with Crippen LogP contribution in [0.15, 0.2) is 84.4 Å². The van der Waals surface area contributed by atoms with E-state index in [9.17, 15) is 14.4 Å². The van der Waals surface area contributed by atoms with Gasteiger partial charge in [0.2, 0.25) is 0 Å². The zero-order chi connectivity index (χ0) is 26.4. The van der Waals surface area contributed by atoms with Gasteiger partial charge in [-0.1, -0.05) is 66.7 Å². The molecule has 1 heterocycles. The zero-order valence-electron chi connectivity index (χ0n) is 20.8. The highest BCUT2D eigenvalue weighted by Gasteiger charge is 2.34. The monoisotopic (exact) mass is 500 g/mol. The number of hydrogen-bond acceptors (Lipinski definition) is 6. The van der Waals surface area contributed by atoms with Crippen molar-refractivity contribution in [2.24, 2.45) is 0 Å². The maximum absolute atomic E-state index is 13.8. The van der Waals surface area contributed by atoms with Gasteiger partial charge >= 0.3 is 12.0 Å². The number of methoxy groups -OCH3 is 1. The predicted molar refractivity (Wildman–Crippen MR) is 138 cm³/mol. The van der Waals surface area contributed by atoms with Crippen LogP contribution in [0.1, 0.15) is 41.4 Å². The van der Waals surface area contributed by atoms with E-state index in [-0.39, 0.29) is 12.4 Å². The van der Waals surface area contributed by atoms with Crippen LogP contribution in [0.2, 0.25) is 0 Å². The number of carbonyl (C=O) groups is 3. The third kappa shape index (κ3) is 5.64. The van der Waals surface area contributed by atoms with Crippen LogP contribution in [0.4, 0.5) is 4.79 Å². The van der Waals surface area contributed by atoms with E-state index < -0.39 is 24.1 Å². The Hall–Kier alpha value is -4.59. The third-order valence-electron chi connectivity index (χ3n) is 5.86. The van der Waals surface area contributed by atoms with Gasteiger partial charge in [0.15, 0.2) is 23.4 Å². The van der Waals surface area contributed by atoms with Gasteiger partial charge in [0.25, 0.3) is 0 Å². The van der Waals surface area contributed by atoms with Crippen LogP contribution in [0.5, 0.6) is 11.5 Å². The van der Waals surface area contributed by atoms with Crippen LogP contribution < -0.4 is 20.1 Å². The van der Waals surface area contributed by atoms with Crippen molar-refractivity contribution >= 4 is 23.5 Å². The maximum Gasteiger partial charge on any atom is 0.347 e. The Bertz CT molecular complexity index is 1320. The van der Waals surface area contributed by atoms with Gasteiger partial charge in [-0.15, -0.1) is 0 Å². The van der Waals surface area contributed by atoms with Gasteiger partial charge in [-0.2, -0.15) is 0 Å². The van der Waals surface area contributed by atoms with E-state index in [1.54, 1.807) is 56.3 Å². The number of ketones is 1. The summed E-state index contributed by atoms with van der Waals surface area (Å²) in [5.41, 5.74) is 2.61. The smallest absolute Gasteiger partial charge is 0.347 e. The fourth-order valence-corrected chi connectivity index (χ4v) is 4.10. The average Bonchev–Trinajstić information content (AvgIpc) is 2.93. The van der Waals surface area contributed by atoms with Crippen molar-refractivity contribution in [3.05, 3.63) is 101 Å². The lowest BCUT2D eigenvalue weighted by Gasteiger charge is -2.30. The Balaban J connectivity index is 1.80. The molecule has 4 rings (SSSR count). The first-order chi connectivity index (χ1) is 17.9. The molecule has 0 unspecified atom stereocenters. The number of nitrogens with one attached hydrogen (secondary N) is 2. The first-order valence-electron chi connectivity index (χ1n) is 11.9. The molecule has 3 aromatic rings. The number of carbonyl (C=O) groups excluding carboxylic acids is 3. The minimum absolute atomic E-state index is 0.229. The molecule has 0 radical (unpaired) electrons. The number of ether oxygens (including phenoxy) is 3. The van der Waals surface area contributed by atoms with E-state index in [0.29, 0.717) is 39.5 Å². The quantitative estimate of drug-likeness (QED) is 0.327. The molecule has 0 fully saturated rings. The van der Waals surface area contributed by atoms with E-state index in [4.69, 9.17) is 14.2 Å². The molecule has 190 valence electrons. The summed E-state index contributed by atoms with van der Waals surface area (Å²) in [5, 5.41) is 5.71.